The van der Waals surface area contributed by atoms with E-state index in [-0.39, 0.29) is 12.1 Å². The van der Waals surface area contributed by atoms with E-state index in [2.05, 4.69) is 15.9 Å². The first-order valence-corrected chi connectivity index (χ1v) is 7.96. The largest absolute Gasteiger partial charge is 0.482 e. The van der Waals surface area contributed by atoms with Crippen molar-refractivity contribution >= 4 is 50.5 Å². The van der Waals surface area contributed by atoms with Crippen molar-refractivity contribution in [1.82, 2.24) is 0 Å². The van der Waals surface area contributed by atoms with Crippen LogP contribution in [0.4, 0.5) is 0 Å². The molecule has 0 aliphatic heterocycles. The summed E-state index contributed by atoms with van der Waals surface area (Å²) in [6, 6.07) is 9.01. The minimum absolute atomic E-state index is 0.155. The summed E-state index contributed by atoms with van der Waals surface area (Å²) in [7, 11) is 0. The minimum atomic E-state index is -0.241. The van der Waals surface area contributed by atoms with E-state index >= 15 is 0 Å². The summed E-state index contributed by atoms with van der Waals surface area (Å²) in [5.41, 5.74) is 6.00. The summed E-state index contributed by atoms with van der Waals surface area (Å²) in [5, 5.41) is 0.649. The Morgan fingerprint density at radius 1 is 1.26 bits per heavy atom. The molecule has 2 nitrogen and oxygen atoms in total. The van der Waals surface area contributed by atoms with E-state index in [4.69, 9.17) is 33.7 Å². The maximum atomic E-state index is 6.00. The highest BCUT2D eigenvalue weighted by atomic mass is 79.9. The van der Waals surface area contributed by atoms with Crippen molar-refractivity contribution in [2.45, 2.75) is 19.1 Å². The molecule has 1 aromatic carbocycles. The van der Waals surface area contributed by atoms with E-state index in [0.717, 1.165) is 13.7 Å². The number of rotatable bonds is 4. The van der Waals surface area contributed by atoms with Gasteiger partial charge in [-0.1, -0.05) is 23.2 Å². The molecule has 0 aliphatic carbocycles. The molecule has 2 rings (SSSR count). The van der Waals surface area contributed by atoms with Gasteiger partial charge in [0.1, 0.15) is 11.9 Å². The Bertz CT molecular complexity index is 574. The zero-order chi connectivity index (χ0) is 14.0. The second kappa shape index (κ2) is 6.46. The molecule has 0 saturated carbocycles. The lowest BCUT2D eigenvalue weighted by Gasteiger charge is -2.22. The smallest absolute Gasteiger partial charge is 0.148 e. The van der Waals surface area contributed by atoms with Gasteiger partial charge < -0.3 is 10.5 Å². The molecule has 102 valence electrons. The Balaban J connectivity index is 2.26. The van der Waals surface area contributed by atoms with Crippen molar-refractivity contribution in [3.05, 3.63) is 49.0 Å². The van der Waals surface area contributed by atoms with E-state index in [1.54, 1.807) is 12.1 Å². The molecule has 2 aromatic rings. The standard InChI is InChI=1S/C13H12BrCl2NOS/c1-7(17)13(11-4-5-12(16)19-11)18-10-3-2-8(15)6-9(10)14/h2-7,13H,17H2,1H3. The van der Waals surface area contributed by atoms with Gasteiger partial charge in [0, 0.05) is 15.9 Å². The molecule has 19 heavy (non-hydrogen) atoms. The number of thiophene rings is 1. The lowest BCUT2D eigenvalue weighted by Crippen LogP contribution is -2.28. The van der Waals surface area contributed by atoms with Crippen LogP contribution >= 0.6 is 50.5 Å². The monoisotopic (exact) mass is 379 g/mol. The van der Waals surface area contributed by atoms with Gasteiger partial charge >= 0.3 is 0 Å². The predicted octanol–water partition coefficient (Wildman–Crippen LogP) is 5.28. The van der Waals surface area contributed by atoms with Gasteiger partial charge in [0.2, 0.25) is 0 Å². The second-order valence-electron chi connectivity index (χ2n) is 4.11. The van der Waals surface area contributed by atoms with Crippen molar-refractivity contribution in [3.8, 4) is 5.75 Å². The molecule has 0 aliphatic rings. The van der Waals surface area contributed by atoms with Crippen LogP contribution in [0.2, 0.25) is 9.36 Å². The molecule has 6 heteroatoms. The molecule has 0 bridgehead atoms. The van der Waals surface area contributed by atoms with Crippen LogP contribution in [-0.2, 0) is 0 Å². The van der Waals surface area contributed by atoms with Crippen LogP contribution in [0.15, 0.2) is 34.8 Å². The number of benzene rings is 1. The topological polar surface area (TPSA) is 35.2 Å². The Morgan fingerprint density at radius 2 is 2.00 bits per heavy atom. The first kappa shape index (κ1) is 15.1. The van der Waals surface area contributed by atoms with Gasteiger partial charge in [-0.2, -0.15) is 0 Å². The molecule has 1 aromatic heterocycles. The molecule has 2 atom stereocenters. The molecule has 2 unspecified atom stereocenters. The summed E-state index contributed by atoms with van der Waals surface area (Å²) in [5.74, 6) is 0.705. The molecule has 0 spiro atoms. The van der Waals surface area contributed by atoms with E-state index in [0.29, 0.717) is 10.8 Å². The van der Waals surface area contributed by atoms with Crippen molar-refractivity contribution in [2.24, 2.45) is 5.73 Å². The second-order valence-corrected chi connectivity index (χ2v) is 7.15. The number of hydrogen-bond acceptors (Lipinski definition) is 3. The van der Waals surface area contributed by atoms with E-state index in [1.165, 1.54) is 11.3 Å². The van der Waals surface area contributed by atoms with Crippen molar-refractivity contribution in [2.75, 3.05) is 0 Å². The summed E-state index contributed by atoms with van der Waals surface area (Å²) in [6.07, 6.45) is -0.241. The number of nitrogens with two attached hydrogens (primary N) is 1. The van der Waals surface area contributed by atoms with Gasteiger partial charge in [-0.25, -0.2) is 0 Å². The quantitative estimate of drug-likeness (QED) is 0.782. The third kappa shape index (κ3) is 3.86. The van der Waals surface area contributed by atoms with Gasteiger partial charge in [-0.05, 0) is 53.2 Å². The van der Waals surface area contributed by atoms with Crippen LogP contribution in [0.3, 0.4) is 0 Å². The van der Waals surface area contributed by atoms with E-state index in [9.17, 15) is 0 Å². The van der Waals surface area contributed by atoms with Crippen molar-refractivity contribution in [3.63, 3.8) is 0 Å². The van der Waals surface area contributed by atoms with Crippen LogP contribution in [0.1, 0.15) is 17.9 Å². The fourth-order valence-electron chi connectivity index (χ4n) is 1.61. The van der Waals surface area contributed by atoms with Crippen LogP contribution in [-0.4, -0.2) is 6.04 Å². The Morgan fingerprint density at radius 3 is 2.53 bits per heavy atom. The molecule has 0 radical (unpaired) electrons. The zero-order valence-electron chi connectivity index (χ0n) is 10.1. The zero-order valence-corrected chi connectivity index (χ0v) is 14.0. The van der Waals surface area contributed by atoms with Crippen LogP contribution in [0.5, 0.6) is 5.75 Å². The SMILES string of the molecule is CC(N)C(Oc1ccc(Cl)cc1Br)c1ccc(Cl)s1. The van der Waals surface area contributed by atoms with E-state index in [1.807, 2.05) is 25.1 Å². The number of halogens is 3. The maximum Gasteiger partial charge on any atom is 0.148 e. The first-order valence-electron chi connectivity index (χ1n) is 5.60. The van der Waals surface area contributed by atoms with Gasteiger partial charge in [0.15, 0.2) is 0 Å². The van der Waals surface area contributed by atoms with Crippen molar-refractivity contribution in [1.29, 1.82) is 0 Å². The normalized spacial score (nSPS) is 14.2. The van der Waals surface area contributed by atoms with Crippen molar-refractivity contribution < 1.29 is 4.74 Å². The van der Waals surface area contributed by atoms with Gasteiger partial charge in [-0.3, -0.25) is 0 Å². The fourth-order valence-corrected chi connectivity index (χ4v) is 3.60. The molecule has 2 N–H and O–H groups in total. The lowest BCUT2D eigenvalue weighted by molar-refractivity contribution is 0.183. The molecule has 1 heterocycles. The molecular weight excluding hydrogens is 369 g/mol. The first-order chi connectivity index (χ1) is 8.97. The summed E-state index contributed by atoms with van der Waals surface area (Å²) < 4.78 is 7.50. The third-order valence-corrected chi connectivity index (χ3v) is 4.65. The Hall–Kier alpha value is -0.260. The van der Waals surface area contributed by atoms with E-state index < -0.39 is 0 Å². The summed E-state index contributed by atoms with van der Waals surface area (Å²) in [6.45, 7) is 1.90. The highest BCUT2D eigenvalue weighted by Crippen LogP contribution is 2.35. The van der Waals surface area contributed by atoms with Crippen LogP contribution in [0, 0.1) is 0 Å². The number of hydrogen-bond donors (Lipinski definition) is 1. The lowest BCUT2D eigenvalue weighted by atomic mass is 10.1. The maximum absolute atomic E-state index is 6.00. The fraction of sp³-hybridized carbons (Fsp3) is 0.231. The molecule has 0 amide bonds. The highest BCUT2D eigenvalue weighted by molar-refractivity contribution is 9.10. The van der Waals surface area contributed by atoms with Crippen LogP contribution < -0.4 is 10.5 Å². The van der Waals surface area contributed by atoms with Gasteiger partial charge in [-0.15, -0.1) is 11.3 Å². The third-order valence-electron chi connectivity index (χ3n) is 2.50. The molecular formula is C13H12BrCl2NOS. The summed E-state index contributed by atoms with van der Waals surface area (Å²) >= 11 is 16.8. The average Bonchev–Trinajstić information content (AvgIpc) is 2.74. The Labute approximate surface area is 134 Å². The summed E-state index contributed by atoms with van der Waals surface area (Å²) in [4.78, 5) is 1.00. The molecule has 0 saturated heterocycles. The molecule has 0 fully saturated rings. The van der Waals surface area contributed by atoms with Crippen LogP contribution in [0.25, 0.3) is 0 Å². The predicted molar refractivity (Wildman–Crippen MR) is 85.5 cm³/mol. The minimum Gasteiger partial charge on any atom is -0.482 e. The van der Waals surface area contributed by atoms with Gasteiger partial charge in [0.05, 0.1) is 8.81 Å². The average molecular weight is 381 g/mol. The van der Waals surface area contributed by atoms with Gasteiger partial charge in [0.25, 0.3) is 0 Å². The number of ether oxygens (including phenoxy) is 1. The Kier molecular flexibility index (Phi) is 5.15. The highest BCUT2D eigenvalue weighted by Gasteiger charge is 2.21.